The van der Waals surface area contributed by atoms with E-state index < -0.39 is 12.7 Å². The van der Waals surface area contributed by atoms with Crippen LogP contribution in [0.15, 0.2) is 59.9 Å². The highest BCUT2D eigenvalue weighted by atomic mass is 32.2. The van der Waals surface area contributed by atoms with Crippen molar-refractivity contribution >= 4 is 11.8 Å². The summed E-state index contributed by atoms with van der Waals surface area (Å²) in [6.45, 7) is -2.88. The Morgan fingerprint density at radius 1 is 1.08 bits per heavy atom. The summed E-state index contributed by atoms with van der Waals surface area (Å²) >= 11 is 1.31. The topological polar surface area (TPSA) is 58.1 Å². The number of thioether (sulfide) groups is 1. The van der Waals surface area contributed by atoms with E-state index in [0.717, 1.165) is 11.3 Å². The first kappa shape index (κ1) is 18.3. The van der Waals surface area contributed by atoms with Crippen molar-refractivity contribution in [1.29, 1.82) is 0 Å². The number of aromatic amines is 1. The molecule has 0 amide bonds. The molecule has 1 aromatic heterocycles. The van der Waals surface area contributed by atoms with Crippen LogP contribution in [0.4, 0.5) is 13.2 Å². The van der Waals surface area contributed by atoms with Gasteiger partial charge in [-0.05, 0) is 47.5 Å². The number of aromatic nitrogens is 2. The second kappa shape index (κ2) is 8.29. The summed E-state index contributed by atoms with van der Waals surface area (Å²) in [7, 11) is 0. The summed E-state index contributed by atoms with van der Waals surface area (Å²) in [5, 5.41) is 10.8. The monoisotopic (exact) mass is 380 g/mol. The van der Waals surface area contributed by atoms with Crippen LogP contribution in [0.3, 0.4) is 0 Å². The molecular weight excluding hydrogens is 365 g/mol. The number of hydrogen-bond donors (Lipinski definition) is 2. The molecule has 8 heteroatoms. The second-order valence-electron chi connectivity index (χ2n) is 5.38. The number of hydrogen-bond acceptors (Lipinski definition) is 4. The number of rotatable bonds is 7. The van der Waals surface area contributed by atoms with Crippen LogP contribution in [0.5, 0.6) is 5.75 Å². The van der Waals surface area contributed by atoms with Crippen molar-refractivity contribution in [3.63, 3.8) is 0 Å². The van der Waals surface area contributed by atoms with Crippen LogP contribution in [0.2, 0.25) is 0 Å². The lowest BCUT2D eigenvalue weighted by Gasteiger charge is -2.11. The molecule has 4 nitrogen and oxygen atoms in total. The maximum absolute atomic E-state index is 13.0. The summed E-state index contributed by atoms with van der Waals surface area (Å²) in [6, 6.07) is 11.9. The van der Waals surface area contributed by atoms with Gasteiger partial charge in [-0.25, -0.2) is 9.37 Å². The van der Waals surface area contributed by atoms with E-state index in [1.54, 1.807) is 18.3 Å². The zero-order valence-corrected chi connectivity index (χ0v) is 14.2. The SMILES string of the molecule is OC(CSc1ncc(-c2ccc(F)cc2)[nH]1)c1ccc(OC(F)F)cc1. The van der Waals surface area contributed by atoms with E-state index in [4.69, 9.17) is 0 Å². The molecule has 1 unspecified atom stereocenters. The highest BCUT2D eigenvalue weighted by Crippen LogP contribution is 2.26. The van der Waals surface area contributed by atoms with E-state index in [1.165, 1.54) is 48.2 Å². The van der Waals surface area contributed by atoms with E-state index in [9.17, 15) is 18.3 Å². The summed E-state index contributed by atoms with van der Waals surface area (Å²) in [5.41, 5.74) is 2.14. The molecule has 2 aromatic carbocycles. The fourth-order valence-electron chi connectivity index (χ4n) is 2.28. The normalized spacial score (nSPS) is 12.3. The van der Waals surface area contributed by atoms with Crippen LogP contribution in [-0.2, 0) is 0 Å². The van der Waals surface area contributed by atoms with Crippen molar-refractivity contribution in [2.24, 2.45) is 0 Å². The standard InChI is InChI=1S/C18H15F3N2O2S/c19-13-5-1-11(2-6-13)15-9-22-18(23-15)26-10-16(24)12-3-7-14(8-4-12)25-17(20)21/h1-9,16-17,24H,10H2,(H,22,23). The minimum Gasteiger partial charge on any atom is -0.435 e. The number of halogens is 3. The zero-order valence-electron chi connectivity index (χ0n) is 13.4. The van der Waals surface area contributed by atoms with E-state index in [1.807, 2.05) is 0 Å². The highest BCUT2D eigenvalue weighted by Gasteiger charge is 2.12. The Hall–Kier alpha value is -2.45. The first-order chi connectivity index (χ1) is 12.5. The highest BCUT2D eigenvalue weighted by molar-refractivity contribution is 7.99. The van der Waals surface area contributed by atoms with Crippen molar-refractivity contribution < 1.29 is 23.0 Å². The van der Waals surface area contributed by atoms with Crippen LogP contribution < -0.4 is 4.74 Å². The molecule has 0 aliphatic carbocycles. The Morgan fingerprint density at radius 2 is 1.77 bits per heavy atom. The molecule has 0 spiro atoms. The third kappa shape index (κ3) is 4.80. The van der Waals surface area contributed by atoms with Crippen molar-refractivity contribution in [3.05, 3.63) is 66.1 Å². The summed E-state index contributed by atoms with van der Waals surface area (Å²) in [4.78, 5) is 7.33. The van der Waals surface area contributed by atoms with Gasteiger partial charge >= 0.3 is 6.61 Å². The van der Waals surface area contributed by atoms with Crippen LogP contribution in [0.1, 0.15) is 11.7 Å². The third-order valence-electron chi connectivity index (χ3n) is 3.58. The minimum absolute atomic E-state index is 0.0403. The molecule has 2 N–H and O–H groups in total. The average molecular weight is 380 g/mol. The Bertz CT molecular complexity index is 838. The number of nitrogens with one attached hydrogen (secondary N) is 1. The summed E-state index contributed by atoms with van der Waals surface area (Å²) in [5.74, 6) is 0.0559. The molecule has 0 bridgehead atoms. The number of imidazole rings is 1. The van der Waals surface area contributed by atoms with Gasteiger partial charge in [0.05, 0.1) is 18.0 Å². The molecule has 3 aromatic rings. The maximum atomic E-state index is 13.0. The lowest BCUT2D eigenvalue weighted by atomic mass is 10.1. The quantitative estimate of drug-likeness (QED) is 0.586. The molecule has 1 heterocycles. The number of aliphatic hydroxyl groups excluding tert-OH is 1. The van der Waals surface area contributed by atoms with Crippen molar-refractivity contribution in [1.82, 2.24) is 9.97 Å². The van der Waals surface area contributed by atoms with Gasteiger partial charge in [0.15, 0.2) is 5.16 Å². The van der Waals surface area contributed by atoms with Gasteiger partial charge in [-0.1, -0.05) is 23.9 Å². The van der Waals surface area contributed by atoms with Gasteiger partial charge in [0.1, 0.15) is 11.6 Å². The van der Waals surface area contributed by atoms with Crippen LogP contribution in [0.25, 0.3) is 11.3 Å². The van der Waals surface area contributed by atoms with E-state index >= 15 is 0 Å². The number of alkyl halides is 2. The molecule has 0 fully saturated rings. The van der Waals surface area contributed by atoms with Crippen molar-refractivity contribution in [3.8, 4) is 17.0 Å². The number of nitrogens with zero attached hydrogens (tertiary/aromatic N) is 1. The van der Waals surface area contributed by atoms with Gasteiger partial charge < -0.3 is 14.8 Å². The molecule has 0 aliphatic heterocycles. The second-order valence-corrected chi connectivity index (χ2v) is 6.39. The molecule has 0 aliphatic rings. The van der Waals surface area contributed by atoms with Gasteiger partial charge in [-0.2, -0.15) is 8.78 Å². The Kier molecular flexibility index (Phi) is 5.85. The number of H-pyrrole nitrogens is 1. The molecule has 26 heavy (non-hydrogen) atoms. The fraction of sp³-hybridized carbons (Fsp3) is 0.167. The maximum Gasteiger partial charge on any atom is 0.387 e. The predicted molar refractivity (Wildman–Crippen MR) is 92.7 cm³/mol. The molecule has 136 valence electrons. The molecule has 0 saturated carbocycles. The summed E-state index contributed by atoms with van der Waals surface area (Å²) < 4.78 is 41.5. The number of benzene rings is 2. The first-order valence-electron chi connectivity index (χ1n) is 7.68. The molecule has 0 radical (unpaired) electrons. The third-order valence-corrected chi connectivity index (χ3v) is 4.54. The molecule has 1 atom stereocenters. The minimum atomic E-state index is -2.88. The molecular formula is C18H15F3N2O2S. The lowest BCUT2D eigenvalue weighted by Crippen LogP contribution is -2.03. The largest absolute Gasteiger partial charge is 0.435 e. The van der Waals surface area contributed by atoms with Gasteiger partial charge in [-0.3, -0.25) is 0 Å². The van der Waals surface area contributed by atoms with Crippen molar-refractivity contribution in [2.45, 2.75) is 17.9 Å². The Morgan fingerprint density at radius 3 is 2.42 bits per heavy atom. The predicted octanol–water partition coefficient (Wildman–Crippen LogP) is 4.64. The van der Waals surface area contributed by atoms with E-state index in [-0.39, 0.29) is 11.6 Å². The lowest BCUT2D eigenvalue weighted by molar-refractivity contribution is -0.0498. The van der Waals surface area contributed by atoms with Crippen molar-refractivity contribution in [2.75, 3.05) is 5.75 Å². The number of aliphatic hydroxyl groups is 1. The van der Waals surface area contributed by atoms with E-state index in [0.29, 0.717) is 16.5 Å². The van der Waals surface area contributed by atoms with Gasteiger partial charge in [0, 0.05) is 5.75 Å². The molecule has 3 rings (SSSR count). The Labute approximate surface area is 152 Å². The molecule has 0 saturated heterocycles. The summed E-state index contributed by atoms with van der Waals surface area (Å²) in [6.07, 6.45) is 0.846. The van der Waals surface area contributed by atoms with Gasteiger partial charge in [-0.15, -0.1) is 0 Å². The average Bonchev–Trinajstić information content (AvgIpc) is 3.09. The van der Waals surface area contributed by atoms with E-state index in [2.05, 4.69) is 14.7 Å². The fourth-order valence-corrected chi connectivity index (χ4v) is 3.10. The van der Waals surface area contributed by atoms with Crippen LogP contribution >= 0.6 is 11.8 Å². The first-order valence-corrected chi connectivity index (χ1v) is 8.66. The smallest absolute Gasteiger partial charge is 0.387 e. The van der Waals surface area contributed by atoms with Gasteiger partial charge in [0.2, 0.25) is 0 Å². The Balaban J connectivity index is 1.57. The van der Waals surface area contributed by atoms with Gasteiger partial charge in [0.25, 0.3) is 0 Å². The zero-order chi connectivity index (χ0) is 18.5. The van der Waals surface area contributed by atoms with Crippen LogP contribution in [-0.4, -0.2) is 27.4 Å². The number of ether oxygens (including phenoxy) is 1. The van der Waals surface area contributed by atoms with Crippen LogP contribution in [0, 0.1) is 5.82 Å².